The number of imidazole rings is 1. The van der Waals surface area contributed by atoms with Crippen LogP contribution in [0.2, 0.25) is 0 Å². The maximum absolute atomic E-state index is 14.8. The van der Waals surface area contributed by atoms with Gasteiger partial charge in [0.2, 0.25) is 25.0 Å². The number of aryl methyl sites for hydroxylation is 1. The molecule has 2 aliphatic heterocycles. The summed E-state index contributed by atoms with van der Waals surface area (Å²) < 4.78 is 73.7. The van der Waals surface area contributed by atoms with Crippen molar-refractivity contribution in [2.24, 2.45) is 13.0 Å². The van der Waals surface area contributed by atoms with Gasteiger partial charge in [-0.15, -0.1) is 0 Å². The highest BCUT2D eigenvalue weighted by molar-refractivity contribution is 7.91. The van der Waals surface area contributed by atoms with E-state index in [2.05, 4.69) is 4.98 Å². The minimum absolute atomic E-state index is 0.0666. The number of piperidine rings is 1. The fourth-order valence-corrected chi connectivity index (χ4v) is 7.14. The van der Waals surface area contributed by atoms with Gasteiger partial charge in [-0.1, -0.05) is 0 Å². The molecule has 2 aliphatic rings. The molecule has 3 heterocycles. The van der Waals surface area contributed by atoms with Crippen LogP contribution in [-0.4, -0.2) is 62.3 Å². The molecule has 2 unspecified atom stereocenters. The first-order valence-corrected chi connectivity index (χ1v) is 12.4. The lowest BCUT2D eigenvalue weighted by atomic mass is 9.98. The molecule has 4 rings (SSSR count). The summed E-state index contributed by atoms with van der Waals surface area (Å²) in [5, 5.41) is -0.111. The average molecular weight is 444 g/mol. The SMILES string of the molecule is Cn1ccnc1S(=O)(=O)CC1CCN(S(=O)(=O)c2ccc3c(c2)CCO3)CC1F. The third-order valence-electron chi connectivity index (χ3n) is 5.43. The van der Waals surface area contributed by atoms with E-state index in [0.29, 0.717) is 18.8 Å². The average Bonchev–Trinajstić information content (AvgIpc) is 3.31. The third-order valence-corrected chi connectivity index (χ3v) is 9.10. The van der Waals surface area contributed by atoms with Crippen LogP contribution < -0.4 is 4.74 Å². The van der Waals surface area contributed by atoms with Gasteiger partial charge in [0.05, 0.1) is 17.3 Å². The number of sulfonamides is 1. The summed E-state index contributed by atoms with van der Waals surface area (Å²) in [5.74, 6) is -0.509. The molecule has 0 N–H and O–H groups in total. The van der Waals surface area contributed by atoms with Crippen LogP contribution in [0.25, 0.3) is 0 Å². The molecule has 158 valence electrons. The van der Waals surface area contributed by atoms with E-state index >= 15 is 0 Å². The predicted molar refractivity (Wildman–Crippen MR) is 103 cm³/mol. The Balaban J connectivity index is 1.48. The highest BCUT2D eigenvalue weighted by Crippen LogP contribution is 2.31. The largest absolute Gasteiger partial charge is 0.493 e. The normalized spacial score (nSPS) is 23.0. The van der Waals surface area contributed by atoms with Gasteiger partial charge in [-0.05, 0) is 30.2 Å². The number of halogens is 1. The van der Waals surface area contributed by atoms with Crippen LogP contribution in [0.4, 0.5) is 4.39 Å². The summed E-state index contributed by atoms with van der Waals surface area (Å²) in [4.78, 5) is 3.94. The van der Waals surface area contributed by atoms with Gasteiger partial charge in [0.15, 0.2) is 0 Å². The molecule has 11 heteroatoms. The van der Waals surface area contributed by atoms with E-state index in [4.69, 9.17) is 4.74 Å². The summed E-state index contributed by atoms with van der Waals surface area (Å²) in [6.45, 7) is 0.217. The molecular weight excluding hydrogens is 421 g/mol. The van der Waals surface area contributed by atoms with Gasteiger partial charge in [-0.3, -0.25) is 0 Å². The van der Waals surface area contributed by atoms with Crippen molar-refractivity contribution in [3.8, 4) is 5.75 Å². The first kappa shape index (κ1) is 20.3. The molecule has 0 spiro atoms. The van der Waals surface area contributed by atoms with E-state index < -0.39 is 37.7 Å². The second-order valence-electron chi connectivity index (χ2n) is 7.40. The van der Waals surface area contributed by atoms with Crippen molar-refractivity contribution < 1.29 is 26.0 Å². The Bertz CT molecular complexity index is 1130. The topological polar surface area (TPSA) is 98.6 Å². The molecule has 1 aromatic carbocycles. The second kappa shape index (κ2) is 7.37. The molecule has 2 aromatic rings. The molecule has 0 aliphatic carbocycles. The van der Waals surface area contributed by atoms with Crippen molar-refractivity contribution in [3.63, 3.8) is 0 Å². The zero-order chi connectivity index (χ0) is 20.8. The van der Waals surface area contributed by atoms with Crippen molar-refractivity contribution >= 4 is 19.9 Å². The van der Waals surface area contributed by atoms with Gasteiger partial charge in [-0.2, -0.15) is 4.31 Å². The highest BCUT2D eigenvalue weighted by atomic mass is 32.2. The quantitative estimate of drug-likeness (QED) is 0.688. The summed E-state index contributed by atoms with van der Waals surface area (Å²) in [5.41, 5.74) is 0.818. The molecule has 2 atom stereocenters. The molecule has 29 heavy (non-hydrogen) atoms. The lowest BCUT2D eigenvalue weighted by Crippen LogP contribution is -2.46. The van der Waals surface area contributed by atoms with Crippen LogP contribution in [0.15, 0.2) is 40.6 Å². The number of hydrogen-bond donors (Lipinski definition) is 0. The van der Waals surface area contributed by atoms with Crippen molar-refractivity contribution in [2.75, 3.05) is 25.4 Å². The van der Waals surface area contributed by atoms with Crippen LogP contribution in [0, 0.1) is 5.92 Å². The molecule has 0 bridgehead atoms. The molecule has 0 saturated carbocycles. The van der Waals surface area contributed by atoms with Gasteiger partial charge >= 0.3 is 0 Å². The number of alkyl halides is 1. The van der Waals surface area contributed by atoms with Gasteiger partial charge in [0.1, 0.15) is 11.9 Å². The first-order valence-electron chi connectivity index (χ1n) is 9.28. The number of sulfone groups is 1. The number of benzene rings is 1. The summed E-state index contributed by atoms with van der Waals surface area (Å²) in [6, 6.07) is 4.65. The zero-order valence-corrected chi connectivity index (χ0v) is 17.5. The fraction of sp³-hybridized carbons (Fsp3) is 0.500. The van der Waals surface area contributed by atoms with Crippen molar-refractivity contribution in [1.82, 2.24) is 13.9 Å². The minimum atomic E-state index is -3.86. The smallest absolute Gasteiger partial charge is 0.243 e. The Morgan fingerprint density at radius 2 is 2.07 bits per heavy atom. The number of nitrogens with zero attached hydrogens (tertiary/aromatic N) is 3. The number of ether oxygens (including phenoxy) is 1. The fourth-order valence-electron chi connectivity index (χ4n) is 3.81. The monoisotopic (exact) mass is 443 g/mol. The van der Waals surface area contributed by atoms with E-state index in [1.54, 1.807) is 19.2 Å². The van der Waals surface area contributed by atoms with Crippen molar-refractivity contribution in [2.45, 2.75) is 29.1 Å². The zero-order valence-electron chi connectivity index (χ0n) is 15.9. The minimum Gasteiger partial charge on any atom is -0.493 e. The van der Waals surface area contributed by atoms with Gasteiger partial charge < -0.3 is 9.30 Å². The van der Waals surface area contributed by atoms with Crippen molar-refractivity contribution in [3.05, 3.63) is 36.2 Å². The highest BCUT2D eigenvalue weighted by Gasteiger charge is 2.39. The lowest BCUT2D eigenvalue weighted by Gasteiger charge is -2.33. The Hall–Kier alpha value is -1.98. The maximum Gasteiger partial charge on any atom is 0.243 e. The molecule has 1 aromatic heterocycles. The Labute approximate surface area is 169 Å². The molecular formula is C18H22FN3O5S2. The van der Waals surface area contributed by atoms with E-state index in [1.807, 2.05) is 0 Å². The first-order chi connectivity index (χ1) is 13.7. The van der Waals surface area contributed by atoms with Crippen LogP contribution in [0.3, 0.4) is 0 Å². The number of rotatable bonds is 5. The summed E-state index contributed by atoms with van der Waals surface area (Å²) in [7, 11) is -6.06. The van der Waals surface area contributed by atoms with Crippen LogP contribution >= 0.6 is 0 Å². The molecule has 8 nitrogen and oxygen atoms in total. The van der Waals surface area contributed by atoms with Crippen molar-refractivity contribution in [1.29, 1.82) is 0 Å². The van der Waals surface area contributed by atoms with E-state index in [1.165, 1.54) is 23.0 Å². The van der Waals surface area contributed by atoms with Gasteiger partial charge in [0.25, 0.3) is 0 Å². The van der Waals surface area contributed by atoms with E-state index in [-0.39, 0.29) is 29.6 Å². The van der Waals surface area contributed by atoms with Gasteiger partial charge in [0, 0.05) is 44.9 Å². The number of aromatic nitrogens is 2. The molecule has 0 amide bonds. The third kappa shape index (κ3) is 3.78. The van der Waals surface area contributed by atoms with Crippen LogP contribution in [0.1, 0.15) is 12.0 Å². The Morgan fingerprint density at radius 3 is 2.76 bits per heavy atom. The summed E-state index contributed by atoms with van der Waals surface area (Å²) in [6.07, 6.45) is 2.06. The number of hydrogen-bond acceptors (Lipinski definition) is 6. The molecule has 0 radical (unpaired) electrons. The number of fused-ring (bicyclic) bond motifs is 1. The standard InChI is InChI=1S/C18H22FN3O5S2/c1-21-8-6-20-18(21)28(23,24)12-14-4-7-22(11-16(14)19)29(25,26)15-2-3-17-13(10-15)5-9-27-17/h2-3,6,8,10,14,16H,4-5,7,9,11-12H2,1H3. The second-order valence-corrected chi connectivity index (χ2v) is 11.3. The Kier molecular flexibility index (Phi) is 5.16. The molecule has 1 saturated heterocycles. The maximum atomic E-state index is 14.8. The van der Waals surface area contributed by atoms with Gasteiger partial charge in [-0.25, -0.2) is 26.2 Å². The predicted octanol–water partition coefficient (Wildman–Crippen LogP) is 1.18. The van der Waals surface area contributed by atoms with Crippen LogP contribution in [-0.2, 0) is 33.3 Å². The van der Waals surface area contributed by atoms with E-state index in [9.17, 15) is 21.2 Å². The lowest BCUT2D eigenvalue weighted by molar-refractivity contribution is 0.145. The molecule has 1 fully saturated rings. The van der Waals surface area contributed by atoms with E-state index in [0.717, 1.165) is 9.87 Å². The summed E-state index contributed by atoms with van der Waals surface area (Å²) >= 11 is 0. The Morgan fingerprint density at radius 1 is 1.28 bits per heavy atom. The van der Waals surface area contributed by atoms with Crippen LogP contribution in [0.5, 0.6) is 5.75 Å².